The summed E-state index contributed by atoms with van der Waals surface area (Å²) in [7, 11) is 0. The molecule has 10 heteroatoms. The fourth-order valence-corrected chi connectivity index (χ4v) is 3.45. The Kier molecular flexibility index (Phi) is 5.76. The topological polar surface area (TPSA) is 0 Å². The van der Waals surface area contributed by atoms with E-state index in [4.69, 9.17) is 46.4 Å². The van der Waals surface area contributed by atoms with Crippen molar-refractivity contribution in [2.75, 3.05) is 0 Å². The van der Waals surface area contributed by atoms with E-state index in [9.17, 15) is 26.3 Å². The SMILES string of the molecule is FC(F)(F)c1ccccc1C(Cl)(c1ccccc1C(F)(F)F)C(Cl)(Cl)Cl. The Balaban J connectivity index is 2.93. The predicted octanol–water partition coefficient (Wildman–Crippen LogP) is 7.58. The van der Waals surface area contributed by atoms with E-state index in [1.54, 1.807) is 0 Å². The number of rotatable bonds is 2. The van der Waals surface area contributed by atoms with Crippen molar-refractivity contribution in [1.29, 1.82) is 0 Å². The first-order valence-electron chi connectivity index (χ1n) is 6.79. The molecule has 2 aromatic carbocycles. The highest BCUT2D eigenvalue weighted by molar-refractivity contribution is 6.71. The molecule has 2 rings (SSSR count). The largest absolute Gasteiger partial charge is 0.416 e. The summed E-state index contributed by atoms with van der Waals surface area (Å²) in [6.45, 7) is 0. The molecule has 0 saturated heterocycles. The quantitative estimate of drug-likeness (QED) is 0.323. The van der Waals surface area contributed by atoms with Crippen molar-refractivity contribution in [3.63, 3.8) is 0 Å². The Morgan fingerprint density at radius 2 is 0.769 bits per heavy atom. The number of alkyl halides is 10. The minimum absolute atomic E-state index is 0.652. The van der Waals surface area contributed by atoms with Crippen LogP contribution in [0.3, 0.4) is 0 Å². The van der Waals surface area contributed by atoms with Gasteiger partial charge in [0.1, 0.15) is 4.87 Å². The zero-order chi connectivity index (χ0) is 20.0. The van der Waals surface area contributed by atoms with E-state index in [0.717, 1.165) is 36.4 Å². The molecule has 0 heterocycles. The standard InChI is InChI=1S/C16H8Cl4F6/c17-13(16(18,19)20,9-5-1-3-7-11(9)14(21,22)23)10-6-2-4-8-12(10)15(24,25)26/h1-8H. The second kappa shape index (κ2) is 6.97. The Morgan fingerprint density at radius 3 is 1.00 bits per heavy atom. The summed E-state index contributed by atoms with van der Waals surface area (Å²) in [5, 5.41) is 0. The first kappa shape index (κ1) is 21.5. The molecule has 0 aromatic heterocycles. The maximum Gasteiger partial charge on any atom is 0.416 e. The summed E-state index contributed by atoms with van der Waals surface area (Å²) in [6, 6.07) is 7.49. The molecule has 0 bridgehead atoms. The van der Waals surface area contributed by atoms with Crippen LogP contribution >= 0.6 is 46.4 Å². The van der Waals surface area contributed by atoms with E-state index in [0.29, 0.717) is 12.1 Å². The van der Waals surface area contributed by atoms with Crippen LogP contribution in [0.1, 0.15) is 22.3 Å². The van der Waals surface area contributed by atoms with Crippen LogP contribution in [-0.4, -0.2) is 3.79 Å². The molecule has 0 amide bonds. The molecule has 0 N–H and O–H groups in total. The first-order chi connectivity index (χ1) is 11.7. The summed E-state index contributed by atoms with van der Waals surface area (Å²) in [5.74, 6) is 0. The first-order valence-corrected chi connectivity index (χ1v) is 8.31. The van der Waals surface area contributed by atoms with Crippen LogP contribution in [0, 0.1) is 0 Å². The van der Waals surface area contributed by atoms with Gasteiger partial charge in [0.15, 0.2) is 0 Å². The maximum absolute atomic E-state index is 13.4. The van der Waals surface area contributed by atoms with Crippen molar-refractivity contribution in [3.05, 3.63) is 70.8 Å². The Hall–Kier alpha value is -0.820. The smallest absolute Gasteiger partial charge is 0.166 e. The Bertz CT molecular complexity index is 735. The molecule has 26 heavy (non-hydrogen) atoms. The third-order valence-electron chi connectivity index (χ3n) is 3.60. The van der Waals surface area contributed by atoms with E-state index in [1.807, 2.05) is 0 Å². The van der Waals surface area contributed by atoms with Gasteiger partial charge in [-0.3, -0.25) is 0 Å². The van der Waals surface area contributed by atoms with E-state index < -0.39 is 43.3 Å². The highest BCUT2D eigenvalue weighted by atomic mass is 35.6. The molecule has 0 nitrogen and oxygen atoms in total. The van der Waals surface area contributed by atoms with Crippen molar-refractivity contribution in [2.45, 2.75) is 21.0 Å². The fraction of sp³-hybridized carbons (Fsp3) is 0.250. The Labute approximate surface area is 164 Å². The van der Waals surface area contributed by atoms with Gasteiger partial charge in [0.2, 0.25) is 3.79 Å². The van der Waals surface area contributed by atoms with Gasteiger partial charge in [-0.2, -0.15) is 26.3 Å². The van der Waals surface area contributed by atoms with Crippen LogP contribution in [-0.2, 0) is 17.2 Å². The van der Waals surface area contributed by atoms with Crippen molar-refractivity contribution in [2.24, 2.45) is 0 Å². The van der Waals surface area contributed by atoms with Gasteiger partial charge >= 0.3 is 12.4 Å². The minimum atomic E-state index is -4.93. The molecular weight excluding hydrogens is 448 g/mol. The number of hydrogen-bond donors (Lipinski definition) is 0. The van der Waals surface area contributed by atoms with Crippen LogP contribution in [0.4, 0.5) is 26.3 Å². The molecular formula is C16H8Cl4F6. The zero-order valence-electron chi connectivity index (χ0n) is 12.4. The molecule has 0 spiro atoms. The molecule has 0 radical (unpaired) electrons. The van der Waals surface area contributed by atoms with Gasteiger partial charge in [-0.15, -0.1) is 11.6 Å². The monoisotopic (exact) mass is 454 g/mol. The van der Waals surface area contributed by atoms with Gasteiger partial charge in [-0.25, -0.2) is 0 Å². The Morgan fingerprint density at radius 1 is 0.500 bits per heavy atom. The summed E-state index contributed by atoms with van der Waals surface area (Å²) in [6.07, 6.45) is -9.86. The molecule has 0 aliphatic rings. The second-order valence-corrected chi connectivity index (χ2v) is 8.09. The summed E-state index contributed by atoms with van der Waals surface area (Å²) in [4.78, 5) is -2.75. The van der Waals surface area contributed by atoms with E-state index in [1.165, 1.54) is 0 Å². The lowest BCUT2D eigenvalue weighted by molar-refractivity contribution is -0.138. The molecule has 0 saturated carbocycles. The van der Waals surface area contributed by atoms with E-state index in [2.05, 4.69) is 0 Å². The van der Waals surface area contributed by atoms with Crippen molar-refractivity contribution in [1.82, 2.24) is 0 Å². The summed E-state index contributed by atoms with van der Waals surface area (Å²) < 4.78 is 77.7. The van der Waals surface area contributed by atoms with Crippen LogP contribution in [0.5, 0.6) is 0 Å². The van der Waals surface area contributed by atoms with E-state index >= 15 is 0 Å². The minimum Gasteiger partial charge on any atom is -0.166 e. The van der Waals surface area contributed by atoms with Gasteiger partial charge in [-0.05, 0) is 23.3 Å². The third-order valence-corrected chi connectivity index (χ3v) is 5.43. The van der Waals surface area contributed by atoms with Crippen LogP contribution in [0.25, 0.3) is 0 Å². The van der Waals surface area contributed by atoms with Crippen LogP contribution in [0.2, 0.25) is 0 Å². The van der Waals surface area contributed by atoms with Gasteiger partial charge in [0, 0.05) is 0 Å². The van der Waals surface area contributed by atoms with Gasteiger partial charge in [-0.1, -0.05) is 71.2 Å². The number of halogens is 10. The lowest BCUT2D eigenvalue weighted by atomic mass is 9.85. The molecule has 142 valence electrons. The molecule has 0 aliphatic heterocycles. The number of hydrogen-bond acceptors (Lipinski definition) is 0. The molecule has 2 aromatic rings. The molecule has 0 unspecified atom stereocenters. The van der Waals surface area contributed by atoms with Gasteiger partial charge in [0.05, 0.1) is 11.1 Å². The normalized spacial score (nSPS) is 13.8. The van der Waals surface area contributed by atoms with E-state index in [-0.39, 0.29) is 0 Å². The zero-order valence-corrected chi connectivity index (χ0v) is 15.4. The number of benzene rings is 2. The molecule has 0 atom stereocenters. The molecule has 0 fully saturated rings. The lowest BCUT2D eigenvalue weighted by Crippen LogP contribution is -2.39. The van der Waals surface area contributed by atoms with Crippen molar-refractivity contribution in [3.8, 4) is 0 Å². The van der Waals surface area contributed by atoms with Crippen molar-refractivity contribution < 1.29 is 26.3 Å². The second-order valence-electron chi connectivity index (χ2n) is 5.24. The average Bonchev–Trinajstić information content (AvgIpc) is 2.51. The lowest BCUT2D eigenvalue weighted by Gasteiger charge is -2.37. The van der Waals surface area contributed by atoms with Crippen LogP contribution < -0.4 is 0 Å². The highest BCUT2D eigenvalue weighted by Gasteiger charge is 2.56. The summed E-state index contributed by atoms with van der Waals surface area (Å²) in [5.41, 5.74) is -4.21. The van der Waals surface area contributed by atoms with Crippen LogP contribution in [0.15, 0.2) is 48.5 Å². The molecule has 0 aliphatic carbocycles. The predicted molar refractivity (Wildman–Crippen MR) is 89.8 cm³/mol. The summed E-state index contributed by atoms with van der Waals surface area (Å²) >= 11 is 23.7. The van der Waals surface area contributed by atoms with Crippen molar-refractivity contribution >= 4 is 46.4 Å². The van der Waals surface area contributed by atoms with Gasteiger partial charge < -0.3 is 0 Å². The third kappa shape index (κ3) is 3.88. The maximum atomic E-state index is 13.4. The van der Waals surface area contributed by atoms with Gasteiger partial charge in [0.25, 0.3) is 0 Å². The fourth-order valence-electron chi connectivity index (χ4n) is 2.51. The average molecular weight is 456 g/mol. The highest BCUT2D eigenvalue weighted by Crippen LogP contribution is 2.58.